The quantitative estimate of drug-likeness (QED) is 0.0794. The molecule has 0 bridgehead atoms. The maximum atomic E-state index is 12.4. The lowest BCUT2D eigenvalue weighted by Crippen LogP contribution is -2.45. The molecule has 0 fully saturated rings. The number of allylic oxidation sites excluding steroid dienone is 3. The Hall–Kier alpha value is -1.02. The minimum Gasteiger partial charge on any atom is -0.387 e. The molecule has 3 unspecified atom stereocenters. The Kier molecular flexibility index (Phi) is 19.5. The summed E-state index contributed by atoms with van der Waals surface area (Å²) in [6, 6.07) is -0.850. The molecule has 0 aliphatic heterocycles. The normalized spacial score (nSPS) is 16.0. The highest BCUT2D eigenvalue weighted by Gasteiger charge is 2.27. The van der Waals surface area contributed by atoms with E-state index in [1.165, 1.54) is 12.8 Å². The summed E-state index contributed by atoms with van der Waals surface area (Å²) >= 11 is 0. The molecule has 3 atom stereocenters. The summed E-state index contributed by atoms with van der Waals surface area (Å²) in [7, 11) is 1.54. The molecule has 0 spiro atoms. The molecule has 206 valence electrons. The van der Waals surface area contributed by atoms with Gasteiger partial charge in [-0.15, -0.1) is 0 Å². The zero-order valence-corrected chi connectivity index (χ0v) is 23.7. The van der Waals surface area contributed by atoms with E-state index >= 15 is 0 Å². The number of amides is 1. The standard InChI is InChI=1S/C26H51N2O6P/c1-6-8-10-12-13-14-16-17-19-25(29)24(27-26(30)20-18-15-11-9-7-2)23-34-35(31,32)33-22-21-28(3,4)5/h12-13,17,19,24-25,29H,6-11,14-16,18,20-23H2,1-5H3,(H-,27,30,31,32)/p+1/b13-12+,19-17+. The van der Waals surface area contributed by atoms with Crippen molar-refractivity contribution in [2.24, 2.45) is 0 Å². The average Bonchev–Trinajstić information content (AvgIpc) is 2.77. The highest BCUT2D eigenvalue weighted by atomic mass is 31.2. The van der Waals surface area contributed by atoms with Gasteiger partial charge in [0.15, 0.2) is 0 Å². The van der Waals surface area contributed by atoms with Crippen molar-refractivity contribution in [3.05, 3.63) is 24.3 Å². The fourth-order valence-corrected chi connectivity index (χ4v) is 3.89. The number of quaternary nitrogens is 1. The van der Waals surface area contributed by atoms with E-state index in [2.05, 4.69) is 31.3 Å². The van der Waals surface area contributed by atoms with E-state index in [9.17, 15) is 19.4 Å². The zero-order chi connectivity index (χ0) is 26.6. The van der Waals surface area contributed by atoms with Gasteiger partial charge >= 0.3 is 7.82 Å². The Morgan fingerprint density at radius 1 is 0.943 bits per heavy atom. The van der Waals surface area contributed by atoms with Gasteiger partial charge in [-0.05, 0) is 25.7 Å². The summed E-state index contributed by atoms with van der Waals surface area (Å²) in [5.41, 5.74) is 0. The second-order valence-electron chi connectivity index (χ2n) is 10.1. The van der Waals surface area contributed by atoms with Gasteiger partial charge in [-0.2, -0.15) is 0 Å². The third kappa shape index (κ3) is 21.9. The molecule has 0 aromatic rings. The molecule has 9 heteroatoms. The van der Waals surface area contributed by atoms with Crippen LogP contribution in [0.25, 0.3) is 0 Å². The second-order valence-corrected chi connectivity index (χ2v) is 11.5. The summed E-state index contributed by atoms with van der Waals surface area (Å²) in [5, 5.41) is 13.4. The summed E-state index contributed by atoms with van der Waals surface area (Å²) < 4.78 is 23.0. The van der Waals surface area contributed by atoms with E-state index in [0.717, 1.165) is 51.4 Å². The van der Waals surface area contributed by atoms with Crippen molar-refractivity contribution >= 4 is 13.7 Å². The van der Waals surface area contributed by atoms with Gasteiger partial charge in [-0.25, -0.2) is 4.57 Å². The van der Waals surface area contributed by atoms with Crippen LogP contribution in [0.2, 0.25) is 0 Å². The van der Waals surface area contributed by atoms with Crippen LogP contribution in [0.3, 0.4) is 0 Å². The predicted octanol–water partition coefficient (Wildman–Crippen LogP) is 5.12. The van der Waals surface area contributed by atoms with E-state index in [0.29, 0.717) is 17.4 Å². The number of nitrogens with zero attached hydrogens (tertiary/aromatic N) is 1. The van der Waals surface area contributed by atoms with Crippen LogP contribution >= 0.6 is 7.82 Å². The number of nitrogens with one attached hydrogen (secondary N) is 1. The van der Waals surface area contributed by atoms with Crippen LogP contribution in [0.5, 0.6) is 0 Å². The number of carbonyl (C=O) groups is 1. The van der Waals surface area contributed by atoms with Crippen molar-refractivity contribution in [3.8, 4) is 0 Å². The SMILES string of the molecule is CCCC/C=C/CC/C=C/C(O)C(COP(=O)(O)OCC[N+](C)(C)C)NC(=O)CCCCCCC. The van der Waals surface area contributed by atoms with Crippen molar-refractivity contribution in [1.29, 1.82) is 0 Å². The zero-order valence-electron chi connectivity index (χ0n) is 22.8. The molecule has 0 aromatic carbocycles. The number of rotatable bonds is 22. The van der Waals surface area contributed by atoms with Gasteiger partial charge in [0.05, 0.1) is 39.9 Å². The minimum atomic E-state index is -4.31. The van der Waals surface area contributed by atoms with E-state index < -0.39 is 20.0 Å². The van der Waals surface area contributed by atoms with Gasteiger partial charge in [0.1, 0.15) is 13.2 Å². The monoisotopic (exact) mass is 519 g/mol. The minimum absolute atomic E-state index is 0.0558. The van der Waals surface area contributed by atoms with Crippen molar-refractivity contribution in [3.63, 3.8) is 0 Å². The molecular weight excluding hydrogens is 467 g/mol. The Balaban J connectivity index is 4.82. The first-order valence-electron chi connectivity index (χ1n) is 13.2. The van der Waals surface area contributed by atoms with Crippen LogP contribution < -0.4 is 5.32 Å². The third-order valence-electron chi connectivity index (χ3n) is 5.42. The summed E-state index contributed by atoms with van der Waals surface area (Å²) in [6.45, 7) is 4.56. The lowest BCUT2D eigenvalue weighted by Gasteiger charge is -2.25. The van der Waals surface area contributed by atoms with Crippen LogP contribution in [0.1, 0.15) is 84.5 Å². The lowest BCUT2D eigenvalue weighted by atomic mass is 10.1. The van der Waals surface area contributed by atoms with Gasteiger partial charge in [-0.3, -0.25) is 13.8 Å². The van der Waals surface area contributed by atoms with E-state index in [1.54, 1.807) is 6.08 Å². The van der Waals surface area contributed by atoms with Crippen molar-refractivity contribution in [2.45, 2.75) is 96.6 Å². The molecule has 1 amide bonds. The number of carbonyl (C=O) groups excluding carboxylic acids is 1. The Morgan fingerprint density at radius 2 is 1.57 bits per heavy atom. The number of aliphatic hydroxyl groups is 1. The molecule has 0 radical (unpaired) electrons. The van der Waals surface area contributed by atoms with Crippen molar-refractivity contribution in [1.82, 2.24) is 5.32 Å². The average molecular weight is 520 g/mol. The number of unbranched alkanes of at least 4 members (excludes halogenated alkanes) is 7. The van der Waals surface area contributed by atoms with Crippen LogP contribution in [0.15, 0.2) is 24.3 Å². The first-order chi connectivity index (χ1) is 16.5. The molecule has 0 saturated carbocycles. The first-order valence-corrected chi connectivity index (χ1v) is 14.7. The lowest BCUT2D eigenvalue weighted by molar-refractivity contribution is -0.870. The summed E-state index contributed by atoms with van der Waals surface area (Å²) in [4.78, 5) is 22.4. The van der Waals surface area contributed by atoms with E-state index in [1.807, 2.05) is 27.2 Å². The number of likely N-dealkylation sites (N-methyl/N-ethyl adjacent to an activating group) is 1. The third-order valence-corrected chi connectivity index (χ3v) is 6.41. The molecular formula is C26H52N2O6P+. The summed E-state index contributed by atoms with van der Waals surface area (Å²) in [6.07, 6.45) is 17.2. The molecule has 0 rings (SSSR count). The van der Waals surface area contributed by atoms with Gasteiger partial charge in [-0.1, -0.05) is 76.7 Å². The Labute approximate surface area is 214 Å². The molecule has 0 aliphatic rings. The second kappa shape index (κ2) is 20.1. The van der Waals surface area contributed by atoms with Crippen molar-refractivity contribution < 1.29 is 32.9 Å². The van der Waals surface area contributed by atoms with E-state index in [4.69, 9.17) is 9.05 Å². The molecule has 35 heavy (non-hydrogen) atoms. The highest BCUT2D eigenvalue weighted by molar-refractivity contribution is 7.47. The summed E-state index contributed by atoms with van der Waals surface area (Å²) in [5.74, 6) is -0.208. The van der Waals surface area contributed by atoms with Crippen LogP contribution in [0, 0.1) is 0 Å². The largest absolute Gasteiger partial charge is 0.472 e. The fourth-order valence-electron chi connectivity index (χ4n) is 3.16. The van der Waals surface area contributed by atoms with Gasteiger partial charge in [0.2, 0.25) is 5.91 Å². The molecule has 3 N–H and O–H groups in total. The van der Waals surface area contributed by atoms with Gasteiger partial charge < -0.3 is 19.8 Å². The molecule has 8 nitrogen and oxygen atoms in total. The maximum absolute atomic E-state index is 12.4. The number of hydrogen-bond donors (Lipinski definition) is 3. The highest BCUT2D eigenvalue weighted by Crippen LogP contribution is 2.43. The molecule has 0 aromatic heterocycles. The molecule has 0 aliphatic carbocycles. The first kappa shape index (κ1) is 34.0. The van der Waals surface area contributed by atoms with Crippen LogP contribution in [-0.4, -0.2) is 73.4 Å². The number of aliphatic hydroxyl groups excluding tert-OH is 1. The van der Waals surface area contributed by atoms with E-state index in [-0.39, 0.29) is 19.1 Å². The smallest absolute Gasteiger partial charge is 0.387 e. The topological polar surface area (TPSA) is 105 Å². The fraction of sp³-hybridized carbons (Fsp3) is 0.808. The Bertz CT molecular complexity index is 648. The molecule has 0 heterocycles. The molecule has 0 saturated heterocycles. The predicted molar refractivity (Wildman–Crippen MR) is 143 cm³/mol. The van der Waals surface area contributed by atoms with Crippen LogP contribution in [-0.2, 0) is 18.4 Å². The van der Waals surface area contributed by atoms with Crippen molar-refractivity contribution in [2.75, 3.05) is 40.9 Å². The Morgan fingerprint density at radius 3 is 2.23 bits per heavy atom. The van der Waals surface area contributed by atoms with Crippen LogP contribution in [0.4, 0.5) is 0 Å². The number of phosphoric acid groups is 1. The number of hydrogen-bond acceptors (Lipinski definition) is 5. The number of phosphoric ester groups is 1. The maximum Gasteiger partial charge on any atom is 0.472 e. The van der Waals surface area contributed by atoms with Gasteiger partial charge in [0, 0.05) is 6.42 Å². The van der Waals surface area contributed by atoms with Gasteiger partial charge in [0.25, 0.3) is 0 Å².